The first-order valence-corrected chi connectivity index (χ1v) is 7.98. The Morgan fingerprint density at radius 3 is 2.67 bits per heavy atom. The number of hydrogen-bond acceptors (Lipinski definition) is 2. The van der Waals surface area contributed by atoms with Gasteiger partial charge in [0.2, 0.25) is 0 Å². The fourth-order valence-electron chi connectivity index (χ4n) is 3.03. The van der Waals surface area contributed by atoms with Crippen molar-refractivity contribution in [2.75, 3.05) is 5.32 Å². The van der Waals surface area contributed by atoms with E-state index >= 15 is 0 Å². The van der Waals surface area contributed by atoms with Crippen molar-refractivity contribution < 1.29 is 0 Å². The number of halogens is 1. The van der Waals surface area contributed by atoms with Gasteiger partial charge in [-0.3, -0.25) is 0 Å². The maximum Gasteiger partial charge on any atom is 0.106 e. The first-order chi connectivity index (χ1) is 10.1. The highest BCUT2D eigenvalue weighted by molar-refractivity contribution is 6.33. The molecule has 1 aromatic carbocycles. The molecule has 1 saturated carbocycles. The fourth-order valence-corrected chi connectivity index (χ4v) is 3.29. The maximum atomic E-state index is 6.38. The number of benzene rings is 1. The fraction of sp³-hybridized carbons (Fsp3) is 0.471. The van der Waals surface area contributed by atoms with Crippen LogP contribution in [0.4, 0.5) is 5.69 Å². The molecule has 1 heterocycles. The molecule has 1 N–H and O–H groups in total. The van der Waals surface area contributed by atoms with Crippen LogP contribution >= 0.6 is 11.6 Å². The highest BCUT2D eigenvalue weighted by atomic mass is 35.5. The molecule has 4 heteroatoms. The van der Waals surface area contributed by atoms with E-state index in [9.17, 15) is 0 Å². The van der Waals surface area contributed by atoms with Gasteiger partial charge in [-0.05, 0) is 49.3 Å². The van der Waals surface area contributed by atoms with E-state index in [2.05, 4.69) is 30.3 Å². The Hall–Kier alpha value is -1.48. The summed E-state index contributed by atoms with van der Waals surface area (Å²) in [6.07, 6.45) is 8.65. The minimum absolute atomic E-state index is 0.483. The molecule has 3 nitrogen and oxygen atoms in total. The minimum atomic E-state index is 0.483. The van der Waals surface area contributed by atoms with Crippen molar-refractivity contribution in [3.63, 3.8) is 0 Å². The van der Waals surface area contributed by atoms with Crippen LogP contribution in [-0.4, -0.2) is 15.8 Å². The Labute approximate surface area is 131 Å². The number of hydrogen-bond donors (Lipinski definition) is 1. The summed E-state index contributed by atoms with van der Waals surface area (Å²) in [5.41, 5.74) is 2.49. The minimum Gasteiger partial charge on any atom is -0.381 e. The third-order valence-corrected chi connectivity index (χ3v) is 4.72. The third-order valence-electron chi connectivity index (χ3n) is 4.42. The summed E-state index contributed by atoms with van der Waals surface area (Å²) < 4.78 is 1.83. The molecule has 1 aliphatic rings. The number of nitrogens with zero attached hydrogens (tertiary/aromatic N) is 2. The Balaban J connectivity index is 1.82. The number of aromatic nitrogens is 2. The normalized spacial score (nSPS) is 18.6. The van der Waals surface area contributed by atoms with E-state index in [1.807, 2.05) is 29.1 Å². The average molecular weight is 304 g/mol. The van der Waals surface area contributed by atoms with Crippen molar-refractivity contribution >= 4 is 17.3 Å². The van der Waals surface area contributed by atoms with Gasteiger partial charge in [-0.25, -0.2) is 4.68 Å². The van der Waals surface area contributed by atoms with Crippen molar-refractivity contribution in [2.45, 2.75) is 45.6 Å². The van der Waals surface area contributed by atoms with Gasteiger partial charge < -0.3 is 5.32 Å². The molecule has 0 spiro atoms. The standard InChI is InChI=1S/C17H22ClN3/c1-17(2)9-7-13(8-10-17)20-15-6-3-5-14(18)16(15)21-12-4-11-19-21/h3-6,11-13,20H,7-10H2,1-2H3. The highest BCUT2D eigenvalue weighted by Gasteiger charge is 2.27. The van der Waals surface area contributed by atoms with E-state index in [1.165, 1.54) is 25.7 Å². The first-order valence-electron chi connectivity index (χ1n) is 7.60. The van der Waals surface area contributed by atoms with Gasteiger partial charge >= 0.3 is 0 Å². The molecule has 1 fully saturated rings. The zero-order valence-corrected chi connectivity index (χ0v) is 13.4. The molecule has 0 bridgehead atoms. The van der Waals surface area contributed by atoms with Gasteiger partial charge in [-0.15, -0.1) is 0 Å². The van der Waals surface area contributed by atoms with E-state index in [4.69, 9.17) is 11.6 Å². The Morgan fingerprint density at radius 2 is 2.00 bits per heavy atom. The van der Waals surface area contributed by atoms with Crippen LogP contribution in [0.2, 0.25) is 5.02 Å². The van der Waals surface area contributed by atoms with E-state index in [1.54, 1.807) is 6.20 Å². The molecule has 0 unspecified atom stereocenters. The van der Waals surface area contributed by atoms with E-state index in [0.717, 1.165) is 16.4 Å². The summed E-state index contributed by atoms with van der Waals surface area (Å²) in [7, 11) is 0. The SMILES string of the molecule is CC1(C)CCC(Nc2cccc(Cl)c2-n2cccn2)CC1. The predicted molar refractivity (Wildman–Crippen MR) is 88.2 cm³/mol. The largest absolute Gasteiger partial charge is 0.381 e. The zero-order valence-electron chi connectivity index (χ0n) is 12.6. The molecule has 1 aliphatic carbocycles. The number of nitrogens with one attached hydrogen (secondary N) is 1. The molecular weight excluding hydrogens is 282 g/mol. The Kier molecular flexibility index (Phi) is 3.94. The number of rotatable bonds is 3. The predicted octanol–water partition coefficient (Wildman–Crippen LogP) is 4.91. The van der Waals surface area contributed by atoms with Gasteiger partial charge in [0.1, 0.15) is 5.69 Å². The van der Waals surface area contributed by atoms with Crippen LogP contribution in [0.25, 0.3) is 5.69 Å². The van der Waals surface area contributed by atoms with Crippen molar-refractivity contribution in [2.24, 2.45) is 5.41 Å². The molecule has 0 radical (unpaired) electrons. The lowest BCUT2D eigenvalue weighted by Crippen LogP contribution is -2.30. The van der Waals surface area contributed by atoms with Gasteiger partial charge in [-0.1, -0.05) is 31.5 Å². The van der Waals surface area contributed by atoms with Crippen molar-refractivity contribution in [1.82, 2.24) is 9.78 Å². The monoisotopic (exact) mass is 303 g/mol. The number of para-hydroxylation sites is 1. The third kappa shape index (κ3) is 3.24. The molecular formula is C17H22ClN3. The van der Waals surface area contributed by atoms with Gasteiger partial charge in [0.15, 0.2) is 0 Å². The lowest BCUT2D eigenvalue weighted by atomic mass is 9.75. The summed E-state index contributed by atoms with van der Waals surface area (Å²) in [6, 6.07) is 8.42. The van der Waals surface area contributed by atoms with Crippen molar-refractivity contribution in [3.8, 4) is 5.69 Å². The second-order valence-corrected chi connectivity index (χ2v) is 7.08. The maximum absolute atomic E-state index is 6.38. The van der Waals surface area contributed by atoms with E-state index in [-0.39, 0.29) is 0 Å². The van der Waals surface area contributed by atoms with Gasteiger partial charge in [0.25, 0.3) is 0 Å². The van der Waals surface area contributed by atoms with Crippen LogP contribution in [0, 0.1) is 5.41 Å². The molecule has 0 aliphatic heterocycles. The van der Waals surface area contributed by atoms with E-state index in [0.29, 0.717) is 11.5 Å². The quantitative estimate of drug-likeness (QED) is 0.873. The highest BCUT2D eigenvalue weighted by Crippen LogP contribution is 2.37. The van der Waals surface area contributed by atoms with Crippen LogP contribution in [0.3, 0.4) is 0 Å². The van der Waals surface area contributed by atoms with E-state index < -0.39 is 0 Å². The topological polar surface area (TPSA) is 29.9 Å². The summed E-state index contributed by atoms with van der Waals surface area (Å²) in [6.45, 7) is 4.72. The summed E-state index contributed by atoms with van der Waals surface area (Å²) in [5.74, 6) is 0. The molecule has 21 heavy (non-hydrogen) atoms. The molecule has 0 saturated heterocycles. The molecule has 0 amide bonds. The van der Waals surface area contributed by atoms with Gasteiger partial charge in [0.05, 0.1) is 10.7 Å². The lowest BCUT2D eigenvalue weighted by Gasteiger charge is -2.35. The molecule has 3 rings (SSSR count). The van der Waals surface area contributed by atoms with Crippen LogP contribution in [0.15, 0.2) is 36.7 Å². The summed E-state index contributed by atoms with van der Waals surface area (Å²) >= 11 is 6.38. The molecule has 112 valence electrons. The van der Waals surface area contributed by atoms with Gasteiger partial charge in [0, 0.05) is 18.4 Å². The Morgan fingerprint density at radius 1 is 1.24 bits per heavy atom. The lowest BCUT2D eigenvalue weighted by molar-refractivity contribution is 0.232. The van der Waals surface area contributed by atoms with Crippen molar-refractivity contribution in [1.29, 1.82) is 0 Å². The van der Waals surface area contributed by atoms with Crippen LogP contribution < -0.4 is 5.32 Å². The Bertz CT molecular complexity index is 595. The average Bonchev–Trinajstić information content (AvgIpc) is 2.95. The van der Waals surface area contributed by atoms with Crippen LogP contribution in [0.1, 0.15) is 39.5 Å². The van der Waals surface area contributed by atoms with Gasteiger partial charge in [-0.2, -0.15) is 5.10 Å². The van der Waals surface area contributed by atoms with Crippen molar-refractivity contribution in [3.05, 3.63) is 41.7 Å². The summed E-state index contributed by atoms with van der Waals surface area (Å²) in [5, 5.41) is 8.71. The van der Waals surface area contributed by atoms with Crippen LogP contribution in [-0.2, 0) is 0 Å². The molecule has 1 aromatic heterocycles. The zero-order chi connectivity index (χ0) is 14.9. The first kappa shape index (κ1) is 14.5. The second-order valence-electron chi connectivity index (χ2n) is 6.67. The second kappa shape index (κ2) is 5.72. The van der Waals surface area contributed by atoms with Crippen LogP contribution in [0.5, 0.6) is 0 Å². The smallest absolute Gasteiger partial charge is 0.106 e. The number of anilines is 1. The molecule has 0 atom stereocenters. The summed E-state index contributed by atoms with van der Waals surface area (Å²) in [4.78, 5) is 0. The molecule has 2 aromatic rings.